The third-order valence-corrected chi connectivity index (χ3v) is 5.60. The highest BCUT2D eigenvalue weighted by atomic mass is 35.5. The van der Waals surface area contributed by atoms with E-state index in [0.29, 0.717) is 17.3 Å². The largest absolute Gasteiger partial charge is 0.357 e. The van der Waals surface area contributed by atoms with Gasteiger partial charge in [0.15, 0.2) is 0 Å². The van der Waals surface area contributed by atoms with Crippen LogP contribution in [0.5, 0.6) is 0 Å². The maximum absolute atomic E-state index is 12.9. The average Bonchev–Trinajstić information content (AvgIpc) is 2.66. The van der Waals surface area contributed by atoms with Crippen molar-refractivity contribution >= 4 is 35.2 Å². The van der Waals surface area contributed by atoms with Crippen LogP contribution in [0.25, 0.3) is 0 Å². The van der Waals surface area contributed by atoms with Crippen molar-refractivity contribution in [3.63, 3.8) is 0 Å². The fourth-order valence-electron chi connectivity index (χ4n) is 2.73. The molecule has 6 heteroatoms. The second-order valence-electron chi connectivity index (χ2n) is 6.36. The third kappa shape index (κ3) is 6.29. The van der Waals surface area contributed by atoms with E-state index in [0.717, 1.165) is 11.3 Å². The highest BCUT2D eigenvalue weighted by Gasteiger charge is 2.25. The Bertz CT molecular complexity index is 797. The number of rotatable bonds is 8. The fourth-order valence-corrected chi connectivity index (χ4v) is 3.93. The van der Waals surface area contributed by atoms with Crippen LogP contribution in [0.1, 0.15) is 23.6 Å². The molecule has 0 bridgehead atoms. The van der Waals surface area contributed by atoms with Crippen molar-refractivity contribution in [3.05, 3.63) is 70.2 Å². The van der Waals surface area contributed by atoms with Gasteiger partial charge in [0, 0.05) is 24.4 Å². The van der Waals surface area contributed by atoms with Gasteiger partial charge in [-0.1, -0.05) is 48.0 Å². The number of nitrogens with zero attached hydrogens (tertiary/aromatic N) is 1. The Labute approximate surface area is 170 Å². The molecule has 0 fully saturated rings. The van der Waals surface area contributed by atoms with E-state index in [4.69, 9.17) is 11.6 Å². The van der Waals surface area contributed by atoms with Crippen LogP contribution < -0.4 is 5.32 Å². The van der Waals surface area contributed by atoms with Crippen molar-refractivity contribution in [2.45, 2.75) is 32.2 Å². The summed E-state index contributed by atoms with van der Waals surface area (Å²) in [4.78, 5) is 26.6. The van der Waals surface area contributed by atoms with Crippen LogP contribution in [0.4, 0.5) is 0 Å². The number of nitrogens with one attached hydrogen (secondary N) is 1. The summed E-state index contributed by atoms with van der Waals surface area (Å²) in [6, 6.07) is 15.0. The van der Waals surface area contributed by atoms with E-state index < -0.39 is 6.04 Å². The molecule has 0 unspecified atom stereocenters. The lowest BCUT2D eigenvalue weighted by atomic mass is 10.1. The lowest BCUT2D eigenvalue weighted by Crippen LogP contribution is -2.47. The molecule has 0 aliphatic heterocycles. The molecule has 1 atom stereocenters. The van der Waals surface area contributed by atoms with Crippen molar-refractivity contribution in [1.82, 2.24) is 10.2 Å². The highest BCUT2D eigenvalue weighted by Crippen LogP contribution is 2.19. The Balaban J connectivity index is 2.06. The number of hydrogen-bond acceptors (Lipinski definition) is 3. The summed E-state index contributed by atoms with van der Waals surface area (Å²) in [5.74, 6) is 0.826. The summed E-state index contributed by atoms with van der Waals surface area (Å²) in [6.07, 6.45) is 0. The number of thioether (sulfide) groups is 1. The minimum Gasteiger partial charge on any atom is -0.357 e. The van der Waals surface area contributed by atoms with E-state index in [1.807, 2.05) is 30.3 Å². The Hall–Kier alpha value is -1.98. The molecule has 2 aromatic carbocycles. The quantitative estimate of drug-likeness (QED) is 0.722. The number of halogens is 1. The summed E-state index contributed by atoms with van der Waals surface area (Å²) >= 11 is 7.62. The molecule has 0 heterocycles. The van der Waals surface area contributed by atoms with Crippen LogP contribution in [0.3, 0.4) is 0 Å². The van der Waals surface area contributed by atoms with Crippen LogP contribution in [0, 0.1) is 6.92 Å². The number of hydrogen-bond donors (Lipinski definition) is 1. The Morgan fingerprint density at radius 2 is 1.93 bits per heavy atom. The molecule has 0 aromatic heterocycles. The molecule has 2 rings (SSSR count). The van der Waals surface area contributed by atoms with Gasteiger partial charge in [0.05, 0.1) is 5.75 Å². The number of carbonyl (C=O) groups excluding carboxylic acids is 2. The maximum atomic E-state index is 12.9. The molecule has 144 valence electrons. The summed E-state index contributed by atoms with van der Waals surface area (Å²) in [5.41, 5.74) is 3.33. The Morgan fingerprint density at radius 1 is 1.19 bits per heavy atom. The molecule has 0 spiro atoms. The lowest BCUT2D eigenvalue weighted by molar-refractivity contribution is -0.138. The standard InChI is InChI=1S/C21H25ClN2O2S/c1-15-7-4-5-9-18(15)13-27-14-20(25)24(16(2)21(26)23-3)12-17-8-6-10-19(22)11-17/h4-11,16H,12-14H2,1-3H3,(H,23,26)/t16-/m1/s1. The summed E-state index contributed by atoms with van der Waals surface area (Å²) in [5, 5.41) is 3.23. The first-order valence-electron chi connectivity index (χ1n) is 8.80. The van der Waals surface area contributed by atoms with Crippen LogP contribution >= 0.6 is 23.4 Å². The lowest BCUT2D eigenvalue weighted by Gasteiger charge is -2.28. The summed E-state index contributed by atoms with van der Waals surface area (Å²) in [7, 11) is 1.58. The van der Waals surface area contributed by atoms with Crippen molar-refractivity contribution in [1.29, 1.82) is 0 Å². The highest BCUT2D eigenvalue weighted by molar-refractivity contribution is 7.99. The number of carbonyl (C=O) groups is 2. The topological polar surface area (TPSA) is 49.4 Å². The average molecular weight is 405 g/mol. The van der Waals surface area contributed by atoms with Gasteiger partial charge in [-0.15, -0.1) is 11.8 Å². The van der Waals surface area contributed by atoms with Crippen LogP contribution in [-0.4, -0.2) is 35.6 Å². The zero-order valence-electron chi connectivity index (χ0n) is 15.9. The normalized spacial score (nSPS) is 11.7. The molecule has 0 saturated carbocycles. The smallest absolute Gasteiger partial charge is 0.242 e. The van der Waals surface area contributed by atoms with E-state index in [1.54, 1.807) is 36.7 Å². The first-order valence-corrected chi connectivity index (χ1v) is 10.3. The molecule has 0 aliphatic carbocycles. The number of likely N-dealkylation sites (N-methyl/N-ethyl adjacent to an activating group) is 1. The van der Waals surface area contributed by atoms with Gasteiger partial charge < -0.3 is 10.2 Å². The molecule has 2 aromatic rings. The Kier molecular flexibility index (Phi) is 8.20. The van der Waals surface area contributed by atoms with Crippen LogP contribution in [-0.2, 0) is 21.9 Å². The van der Waals surface area contributed by atoms with Crippen molar-refractivity contribution in [2.75, 3.05) is 12.8 Å². The zero-order chi connectivity index (χ0) is 19.8. The molecule has 27 heavy (non-hydrogen) atoms. The van der Waals surface area contributed by atoms with E-state index in [9.17, 15) is 9.59 Å². The van der Waals surface area contributed by atoms with E-state index in [-0.39, 0.29) is 11.8 Å². The molecule has 0 saturated heterocycles. The summed E-state index contributed by atoms with van der Waals surface area (Å²) in [6.45, 7) is 4.16. The van der Waals surface area contributed by atoms with Gasteiger partial charge in [-0.25, -0.2) is 0 Å². The molecular weight excluding hydrogens is 380 g/mol. The molecule has 1 N–H and O–H groups in total. The minimum atomic E-state index is -0.555. The first kappa shape index (κ1) is 21.3. The minimum absolute atomic E-state index is 0.0651. The maximum Gasteiger partial charge on any atom is 0.242 e. The van der Waals surface area contributed by atoms with E-state index in [1.165, 1.54) is 11.1 Å². The predicted molar refractivity (Wildman–Crippen MR) is 113 cm³/mol. The third-order valence-electron chi connectivity index (χ3n) is 4.40. The molecule has 0 radical (unpaired) electrons. The number of benzene rings is 2. The van der Waals surface area contributed by atoms with Gasteiger partial charge in [-0.3, -0.25) is 9.59 Å². The first-order chi connectivity index (χ1) is 12.9. The molecule has 0 aliphatic rings. The van der Waals surface area contributed by atoms with Gasteiger partial charge in [-0.05, 0) is 42.7 Å². The Morgan fingerprint density at radius 3 is 2.59 bits per heavy atom. The second-order valence-corrected chi connectivity index (χ2v) is 7.78. The van der Waals surface area contributed by atoms with Gasteiger partial charge in [0.1, 0.15) is 6.04 Å². The SMILES string of the molecule is CNC(=O)[C@@H](C)N(Cc1cccc(Cl)c1)C(=O)CSCc1ccccc1C. The molecular formula is C21H25ClN2O2S. The van der Waals surface area contributed by atoms with Crippen molar-refractivity contribution < 1.29 is 9.59 Å². The molecule has 4 nitrogen and oxygen atoms in total. The van der Waals surface area contributed by atoms with Crippen LogP contribution in [0.15, 0.2) is 48.5 Å². The van der Waals surface area contributed by atoms with Gasteiger partial charge in [0.25, 0.3) is 0 Å². The number of amides is 2. The molecule has 2 amide bonds. The van der Waals surface area contributed by atoms with Gasteiger partial charge in [-0.2, -0.15) is 0 Å². The second kappa shape index (κ2) is 10.4. The zero-order valence-corrected chi connectivity index (χ0v) is 17.4. The number of aryl methyl sites for hydroxylation is 1. The van der Waals surface area contributed by atoms with E-state index >= 15 is 0 Å². The van der Waals surface area contributed by atoms with Gasteiger partial charge in [0.2, 0.25) is 11.8 Å². The summed E-state index contributed by atoms with van der Waals surface area (Å²) < 4.78 is 0. The fraction of sp³-hybridized carbons (Fsp3) is 0.333. The van der Waals surface area contributed by atoms with E-state index in [2.05, 4.69) is 24.4 Å². The van der Waals surface area contributed by atoms with Crippen molar-refractivity contribution in [2.24, 2.45) is 0 Å². The van der Waals surface area contributed by atoms with Crippen LogP contribution in [0.2, 0.25) is 5.02 Å². The van der Waals surface area contributed by atoms with Crippen molar-refractivity contribution in [3.8, 4) is 0 Å². The van der Waals surface area contributed by atoms with Gasteiger partial charge >= 0.3 is 0 Å². The predicted octanol–water partition coefficient (Wildman–Crippen LogP) is 4.04. The monoisotopic (exact) mass is 404 g/mol.